The van der Waals surface area contributed by atoms with E-state index >= 15 is 0 Å². The average molecular weight is 261 g/mol. The van der Waals surface area contributed by atoms with Gasteiger partial charge in [-0.15, -0.1) is 0 Å². The predicted octanol–water partition coefficient (Wildman–Crippen LogP) is 3.48. The van der Waals surface area contributed by atoms with Crippen LogP contribution < -0.4 is 0 Å². The maximum Gasteiger partial charge on any atom is 0.0827 e. The molecule has 2 nitrogen and oxygen atoms in total. The van der Waals surface area contributed by atoms with Crippen LogP contribution >= 0.6 is 0 Å². The summed E-state index contributed by atoms with van der Waals surface area (Å²) >= 11 is 0. The Kier molecular flexibility index (Phi) is 5.41. The number of rotatable bonds is 6. The molecule has 1 aromatic carbocycles. The van der Waals surface area contributed by atoms with Crippen LogP contribution in [0.1, 0.15) is 44.8 Å². The summed E-state index contributed by atoms with van der Waals surface area (Å²) < 4.78 is 0. The molecule has 3 atom stereocenters. The lowest BCUT2D eigenvalue weighted by Crippen LogP contribution is -2.29. The number of aliphatic hydroxyl groups is 1. The van der Waals surface area contributed by atoms with Crippen molar-refractivity contribution in [2.24, 2.45) is 11.8 Å². The number of likely N-dealkylation sites (tertiary alicyclic amines) is 1. The summed E-state index contributed by atoms with van der Waals surface area (Å²) in [7, 11) is 0. The van der Waals surface area contributed by atoms with Gasteiger partial charge in [-0.25, -0.2) is 0 Å². The van der Waals surface area contributed by atoms with Crippen molar-refractivity contribution in [1.82, 2.24) is 4.90 Å². The van der Waals surface area contributed by atoms with E-state index in [-0.39, 0.29) is 6.10 Å². The molecule has 19 heavy (non-hydrogen) atoms. The predicted molar refractivity (Wildman–Crippen MR) is 80.0 cm³/mol. The van der Waals surface area contributed by atoms with E-state index in [0.717, 1.165) is 18.0 Å². The molecule has 0 bridgehead atoms. The second-order valence-corrected chi connectivity index (χ2v) is 6.04. The molecule has 1 aliphatic rings. The van der Waals surface area contributed by atoms with Crippen molar-refractivity contribution in [2.75, 3.05) is 19.6 Å². The topological polar surface area (TPSA) is 23.5 Å². The Morgan fingerprint density at radius 1 is 1.32 bits per heavy atom. The second-order valence-electron chi connectivity index (χ2n) is 6.04. The van der Waals surface area contributed by atoms with E-state index < -0.39 is 0 Å². The van der Waals surface area contributed by atoms with E-state index in [1.807, 2.05) is 30.3 Å². The van der Waals surface area contributed by atoms with Gasteiger partial charge in [-0.05, 0) is 36.8 Å². The van der Waals surface area contributed by atoms with Crippen LogP contribution in [0.4, 0.5) is 0 Å². The van der Waals surface area contributed by atoms with Gasteiger partial charge in [0.15, 0.2) is 0 Å². The third kappa shape index (κ3) is 4.05. The van der Waals surface area contributed by atoms with Gasteiger partial charge in [-0.3, -0.25) is 0 Å². The number of hydrogen-bond donors (Lipinski definition) is 1. The van der Waals surface area contributed by atoms with Gasteiger partial charge in [0.05, 0.1) is 6.10 Å². The summed E-state index contributed by atoms with van der Waals surface area (Å²) in [5.74, 6) is 1.17. The lowest BCUT2D eigenvalue weighted by atomic mass is 9.97. The normalized spacial score (nSPS) is 23.4. The molecule has 1 heterocycles. The molecule has 1 aliphatic heterocycles. The molecular formula is C17H27NO. The zero-order chi connectivity index (χ0) is 13.7. The van der Waals surface area contributed by atoms with Crippen LogP contribution in [0.5, 0.6) is 0 Å². The van der Waals surface area contributed by atoms with Gasteiger partial charge in [0.2, 0.25) is 0 Å². The molecule has 0 aromatic heterocycles. The highest BCUT2D eigenvalue weighted by atomic mass is 16.3. The summed E-state index contributed by atoms with van der Waals surface area (Å²) in [6.07, 6.45) is 3.64. The maximum absolute atomic E-state index is 10.4. The SMILES string of the molecule is CCCC1CCN(CC(C)C(O)c2ccccc2)C1. The number of nitrogens with zero attached hydrogens (tertiary/aromatic N) is 1. The molecule has 1 saturated heterocycles. The first kappa shape index (κ1) is 14.5. The number of benzene rings is 1. The van der Waals surface area contributed by atoms with Gasteiger partial charge in [0.1, 0.15) is 0 Å². The van der Waals surface area contributed by atoms with Crippen molar-refractivity contribution >= 4 is 0 Å². The van der Waals surface area contributed by atoms with Crippen LogP contribution in [-0.2, 0) is 0 Å². The molecule has 1 aromatic rings. The van der Waals surface area contributed by atoms with E-state index in [4.69, 9.17) is 0 Å². The van der Waals surface area contributed by atoms with Crippen LogP contribution in [0, 0.1) is 11.8 Å². The molecule has 0 radical (unpaired) electrons. The van der Waals surface area contributed by atoms with Crippen molar-refractivity contribution in [2.45, 2.75) is 39.2 Å². The van der Waals surface area contributed by atoms with E-state index in [2.05, 4.69) is 18.7 Å². The Labute approximate surface area is 117 Å². The van der Waals surface area contributed by atoms with E-state index in [0.29, 0.717) is 5.92 Å². The fraction of sp³-hybridized carbons (Fsp3) is 0.647. The van der Waals surface area contributed by atoms with Crippen LogP contribution in [-0.4, -0.2) is 29.6 Å². The molecule has 106 valence electrons. The summed E-state index contributed by atoms with van der Waals surface area (Å²) in [5, 5.41) is 10.4. The van der Waals surface area contributed by atoms with Crippen molar-refractivity contribution in [3.63, 3.8) is 0 Å². The first-order chi connectivity index (χ1) is 9.20. The van der Waals surface area contributed by atoms with Gasteiger partial charge in [0, 0.05) is 13.1 Å². The molecule has 2 heteroatoms. The molecule has 1 N–H and O–H groups in total. The third-order valence-electron chi connectivity index (χ3n) is 4.29. The fourth-order valence-corrected chi connectivity index (χ4v) is 3.21. The van der Waals surface area contributed by atoms with E-state index in [1.165, 1.54) is 32.4 Å². The van der Waals surface area contributed by atoms with Crippen LogP contribution in [0.3, 0.4) is 0 Å². The van der Waals surface area contributed by atoms with Crippen molar-refractivity contribution in [1.29, 1.82) is 0 Å². The Hall–Kier alpha value is -0.860. The third-order valence-corrected chi connectivity index (χ3v) is 4.29. The Balaban J connectivity index is 1.83. The minimum Gasteiger partial charge on any atom is -0.388 e. The van der Waals surface area contributed by atoms with Crippen molar-refractivity contribution < 1.29 is 5.11 Å². The maximum atomic E-state index is 10.4. The average Bonchev–Trinajstić information content (AvgIpc) is 2.86. The molecule has 0 aliphatic carbocycles. The molecule has 0 amide bonds. The molecule has 3 unspecified atom stereocenters. The van der Waals surface area contributed by atoms with Crippen LogP contribution in [0.15, 0.2) is 30.3 Å². The number of aliphatic hydroxyl groups excluding tert-OH is 1. The minimum atomic E-state index is -0.341. The lowest BCUT2D eigenvalue weighted by Gasteiger charge is -2.25. The second kappa shape index (κ2) is 7.06. The highest BCUT2D eigenvalue weighted by Crippen LogP contribution is 2.26. The highest BCUT2D eigenvalue weighted by molar-refractivity contribution is 5.17. The zero-order valence-electron chi connectivity index (χ0n) is 12.3. The smallest absolute Gasteiger partial charge is 0.0827 e. The standard InChI is InChI=1S/C17H27NO/c1-3-7-15-10-11-18(13-15)12-14(2)17(19)16-8-5-4-6-9-16/h4-6,8-9,14-15,17,19H,3,7,10-13H2,1-2H3. The van der Waals surface area contributed by atoms with Crippen molar-refractivity contribution in [3.8, 4) is 0 Å². The lowest BCUT2D eigenvalue weighted by molar-refractivity contribution is 0.0935. The number of hydrogen-bond acceptors (Lipinski definition) is 2. The van der Waals surface area contributed by atoms with Gasteiger partial charge in [-0.2, -0.15) is 0 Å². The zero-order valence-corrected chi connectivity index (χ0v) is 12.3. The molecule has 0 saturated carbocycles. The van der Waals surface area contributed by atoms with Crippen LogP contribution in [0.2, 0.25) is 0 Å². The highest BCUT2D eigenvalue weighted by Gasteiger charge is 2.25. The Morgan fingerprint density at radius 2 is 2.05 bits per heavy atom. The molecular weight excluding hydrogens is 234 g/mol. The van der Waals surface area contributed by atoms with E-state index in [9.17, 15) is 5.11 Å². The Bertz CT molecular complexity index is 365. The summed E-state index contributed by atoms with van der Waals surface area (Å²) in [4.78, 5) is 2.52. The van der Waals surface area contributed by atoms with Gasteiger partial charge in [0.25, 0.3) is 0 Å². The summed E-state index contributed by atoms with van der Waals surface area (Å²) in [5.41, 5.74) is 1.04. The van der Waals surface area contributed by atoms with Gasteiger partial charge in [-0.1, -0.05) is 50.6 Å². The fourth-order valence-electron chi connectivity index (χ4n) is 3.21. The first-order valence-electron chi connectivity index (χ1n) is 7.66. The first-order valence-corrected chi connectivity index (χ1v) is 7.66. The summed E-state index contributed by atoms with van der Waals surface area (Å²) in [6, 6.07) is 10.0. The quantitative estimate of drug-likeness (QED) is 0.847. The van der Waals surface area contributed by atoms with Crippen molar-refractivity contribution in [3.05, 3.63) is 35.9 Å². The van der Waals surface area contributed by atoms with Gasteiger partial charge < -0.3 is 10.0 Å². The molecule has 1 fully saturated rings. The monoisotopic (exact) mass is 261 g/mol. The Morgan fingerprint density at radius 3 is 2.74 bits per heavy atom. The largest absolute Gasteiger partial charge is 0.388 e. The van der Waals surface area contributed by atoms with Gasteiger partial charge >= 0.3 is 0 Å². The molecule has 2 rings (SSSR count). The minimum absolute atomic E-state index is 0.294. The summed E-state index contributed by atoms with van der Waals surface area (Å²) in [6.45, 7) is 7.86. The van der Waals surface area contributed by atoms with Crippen LogP contribution in [0.25, 0.3) is 0 Å². The van der Waals surface area contributed by atoms with E-state index in [1.54, 1.807) is 0 Å². The molecule has 0 spiro atoms.